The normalized spacial score (nSPS) is 22.5. The van der Waals surface area contributed by atoms with Crippen LogP contribution < -0.4 is 5.32 Å². The summed E-state index contributed by atoms with van der Waals surface area (Å²) >= 11 is 0. The maximum atomic E-state index is 3.55. The number of hydrogen-bond acceptors (Lipinski definition) is 1. The lowest BCUT2D eigenvalue weighted by Crippen LogP contribution is -2.44. The highest BCUT2D eigenvalue weighted by Gasteiger charge is 2.28. The van der Waals surface area contributed by atoms with E-state index in [2.05, 4.69) is 19.3 Å². The fourth-order valence-corrected chi connectivity index (χ4v) is 2.37. The summed E-state index contributed by atoms with van der Waals surface area (Å²) in [6.45, 7) is 2.28. The van der Waals surface area contributed by atoms with Crippen molar-refractivity contribution in [3.8, 4) is 0 Å². The van der Waals surface area contributed by atoms with Gasteiger partial charge >= 0.3 is 0 Å². The standard InChI is InChI=1S/C11H23N/c1-3-4-8-11(12-2)9-6-5-7-10-11/h12H,3-10H2,1-2H3. The highest BCUT2D eigenvalue weighted by Crippen LogP contribution is 2.31. The number of unbranched alkanes of at least 4 members (excludes halogenated alkanes) is 1. The van der Waals surface area contributed by atoms with E-state index in [4.69, 9.17) is 0 Å². The molecule has 0 aromatic rings. The number of rotatable bonds is 4. The Morgan fingerprint density at radius 1 is 1.17 bits per heavy atom. The second kappa shape index (κ2) is 4.86. The quantitative estimate of drug-likeness (QED) is 0.682. The lowest BCUT2D eigenvalue weighted by atomic mass is 9.78. The molecule has 1 aliphatic carbocycles. The first-order chi connectivity index (χ1) is 5.83. The summed E-state index contributed by atoms with van der Waals surface area (Å²) in [5.41, 5.74) is 0.522. The van der Waals surface area contributed by atoms with E-state index in [1.807, 2.05) is 0 Å². The molecule has 1 nitrogen and oxygen atoms in total. The van der Waals surface area contributed by atoms with Crippen LogP contribution in [0.15, 0.2) is 0 Å². The smallest absolute Gasteiger partial charge is 0.0178 e. The molecule has 0 aromatic heterocycles. The highest BCUT2D eigenvalue weighted by atomic mass is 14.9. The monoisotopic (exact) mass is 169 g/mol. The van der Waals surface area contributed by atoms with Crippen molar-refractivity contribution in [2.24, 2.45) is 0 Å². The topological polar surface area (TPSA) is 12.0 Å². The van der Waals surface area contributed by atoms with Crippen LogP contribution >= 0.6 is 0 Å². The molecule has 0 aromatic carbocycles. The molecule has 1 rings (SSSR count). The summed E-state index contributed by atoms with van der Waals surface area (Å²) in [5, 5.41) is 3.55. The third-order valence-corrected chi connectivity index (χ3v) is 3.35. The Balaban J connectivity index is 2.37. The van der Waals surface area contributed by atoms with Crippen molar-refractivity contribution in [1.29, 1.82) is 0 Å². The molecule has 1 saturated carbocycles. The van der Waals surface area contributed by atoms with Crippen LogP contribution in [0.2, 0.25) is 0 Å². The minimum Gasteiger partial charge on any atom is -0.314 e. The first kappa shape index (κ1) is 10.0. The molecule has 0 aliphatic heterocycles. The van der Waals surface area contributed by atoms with E-state index in [9.17, 15) is 0 Å². The van der Waals surface area contributed by atoms with Crippen molar-refractivity contribution in [1.82, 2.24) is 5.32 Å². The lowest BCUT2D eigenvalue weighted by molar-refractivity contribution is 0.225. The SMILES string of the molecule is CCCCC1(NC)CCCCC1. The molecular formula is C11H23N. The Kier molecular flexibility index (Phi) is 4.07. The van der Waals surface area contributed by atoms with Crippen LogP contribution in [0.25, 0.3) is 0 Å². The van der Waals surface area contributed by atoms with E-state index in [-0.39, 0.29) is 0 Å². The van der Waals surface area contributed by atoms with Gasteiger partial charge in [-0.2, -0.15) is 0 Å². The molecular weight excluding hydrogens is 146 g/mol. The van der Waals surface area contributed by atoms with Gasteiger partial charge in [0.1, 0.15) is 0 Å². The summed E-state index contributed by atoms with van der Waals surface area (Å²) in [5.74, 6) is 0. The van der Waals surface area contributed by atoms with Gasteiger partial charge in [-0.25, -0.2) is 0 Å². The van der Waals surface area contributed by atoms with Gasteiger partial charge in [-0.3, -0.25) is 0 Å². The first-order valence-electron chi connectivity index (χ1n) is 5.52. The minimum atomic E-state index is 0.522. The first-order valence-corrected chi connectivity index (χ1v) is 5.52. The van der Waals surface area contributed by atoms with E-state index in [1.165, 1.54) is 51.4 Å². The maximum absolute atomic E-state index is 3.55. The zero-order valence-corrected chi connectivity index (χ0v) is 8.66. The molecule has 1 fully saturated rings. The molecule has 0 unspecified atom stereocenters. The Bertz CT molecular complexity index is 114. The number of nitrogens with one attached hydrogen (secondary N) is 1. The van der Waals surface area contributed by atoms with E-state index in [1.54, 1.807) is 0 Å². The van der Waals surface area contributed by atoms with Crippen molar-refractivity contribution in [3.63, 3.8) is 0 Å². The van der Waals surface area contributed by atoms with Crippen LogP contribution in [0.3, 0.4) is 0 Å². The summed E-state index contributed by atoms with van der Waals surface area (Å²) in [4.78, 5) is 0. The molecule has 12 heavy (non-hydrogen) atoms. The Morgan fingerprint density at radius 3 is 2.33 bits per heavy atom. The van der Waals surface area contributed by atoms with E-state index >= 15 is 0 Å². The Hall–Kier alpha value is -0.0400. The summed E-state index contributed by atoms with van der Waals surface area (Å²) in [6.07, 6.45) is 11.3. The van der Waals surface area contributed by atoms with Crippen molar-refractivity contribution >= 4 is 0 Å². The second-order valence-electron chi connectivity index (χ2n) is 4.19. The van der Waals surface area contributed by atoms with Gasteiger partial charge < -0.3 is 5.32 Å². The highest BCUT2D eigenvalue weighted by molar-refractivity contribution is 4.89. The average Bonchev–Trinajstić information content (AvgIpc) is 2.16. The van der Waals surface area contributed by atoms with Crippen LogP contribution in [-0.2, 0) is 0 Å². The van der Waals surface area contributed by atoms with Crippen LogP contribution in [0, 0.1) is 0 Å². The van der Waals surface area contributed by atoms with Gasteiger partial charge in [-0.1, -0.05) is 39.0 Å². The van der Waals surface area contributed by atoms with E-state index < -0.39 is 0 Å². The fourth-order valence-electron chi connectivity index (χ4n) is 2.37. The van der Waals surface area contributed by atoms with Crippen molar-refractivity contribution < 1.29 is 0 Å². The summed E-state index contributed by atoms with van der Waals surface area (Å²) < 4.78 is 0. The van der Waals surface area contributed by atoms with Crippen molar-refractivity contribution in [2.75, 3.05) is 7.05 Å². The molecule has 1 aliphatic rings. The average molecular weight is 169 g/mol. The third kappa shape index (κ3) is 2.48. The molecule has 0 bridgehead atoms. The van der Waals surface area contributed by atoms with Crippen molar-refractivity contribution in [3.05, 3.63) is 0 Å². The number of hydrogen-bond donors (Lipinski definition) is 1. The maximum Gasteiger partial charge on any atom is 0.0178 e. The summed E-state index contributed by atoms with van der Waals surface area (Å²) in [7, 11) is 2.14. The molecule has 0 atom stereocenters. The van der Waals surface area contributed by atoms with Gasteiger partial charge in [-0.15, -0.1) is 0 Å². The van der Waals surface area contributed by atoms with Gasteiger partial charge in [0.25, 0.3) is 0 Å². The van der Waals surface area contributed by atoms with Crippen LogP contribution in [0.1, 0.15) is 58.3 Å². The molecule has 1 heteroatoms. The van der Waals surface area contributed by atoms with Crippen LogP contribution in [-0.4, -0.2) is 12.6 Å². The molecule has 1 N–H and O–H groups in total. The molecule has 0 radical (unpaired) electrons. The Labute approximate surface area is 76.9 Å². The second-order valence-corrected chi connectivity index (χ2v) is 4.19. The zero-order valence-electron chi connectivity index (χ0n) is 8.66. The van der Waals surface area contributed by atoms with Gasteiger partial charge in [0.15, 0.2) is 0 Å². The van der Waals surface area contributed by atoms with Gasteiger partial charge in [0, 0.05) is 5.54 Å². The van der Waals surface area contributed by atoms with E-state index in [0.29, 0.717) is 5.54 Å². The molecule has 0 heterocycles. The summed E-state index contributed by atoms with van der Waals surface area (Å²) in [6, 6.07) is 0. The van der Waals surface area contributed by atoms with Gasteiger partial charge in [-0.05, 0) is 26.3 Å². The molecule has 0 spiro atoms. The fraction of sp³-hybridized carbons (Fsp3) is 1.00. The Morgan fingerprint density at radius 2 is 1.83 bits per heavy atom. The lowest BCUT2D eigenvalue weighted by Gasteiger charge is -2.37. The predicted molar refractivity (Wildman–Crippen MR) is 54.4 cm³/mol. The zero-order chi connectivity index (χ0) is 8.86. The predicted octanol–water partition coefficient (Wildman–Crippen LogP) is 3.10. The minimum absolute atomic E-state index is 0.522. The molecule has 72 valence electrons. The van der Waals surface area contributed by atoms with Gasteiger partial charge in [0.05, 0.1) is 0 Å². The largest absolute Gasteiger partial charge is 0.314 e. The van der Waals surface area contributed by atoms with Crippen LogP contribution in [0.5, 0.6) is 0 Å². The van der Waals surface area contributed by atoms with E-state index in [0.717, 1.165) is 0 Å². The molecule has 0 saturated heterocycles. The molecule has 0 amide bonds. The van der Waals surface area contributed by atoms with Crippen molar-refractivity contribution in [2.45, 2.75) is 63.8 Å². The van der Waals surface area contributed by atoms with Crippen LogP contribution in [0.4, 0.5) is 0 Å². The van der Waals surface area contributed by atoms with Gasteiger partial charge in [0.2, 0.25) is 0 Å². The third-order valence-electron chi connectivity index (χ3n) is 3.35.